The quantitative estimate of drug-likeness (QED) is 0.697. The number of carbonyl (C=O) groups excluding carboxylic acids is 1. The maximum Gasteiger partial charge on any atom is 0.235 e. The van der Waals surface area contributed by atoms with Gasteiger partial charge < -0.3 is 5.32 Å². The van der Waals surface area contributed by atoms with Crippen molar-refractivity contribution in [1.29, 1.82) is 0 Å². The monoisotopic (exact) mass is 181 g/mol. The highest BCUT2D eigenvalue weighted by Crippen LogP contribution is 2.11. The minimum absolute atomic E-state index is 0.0775. The zero-order valence-electron chi connectivity index (χ0n) is 6.95. The Bertz CT molecular complexity index is 260. The second-order valence-corrected chi connectivity index (χ2v) is 3.17. The normalized spacial score (nSPS) is 12.2. The fourth-order valence-corrected chi connectivity index (χ4v) is 1.29. The summed E-state index contributed by atoms with van der Waals surface area (Å²) in [6.07, 6.45) is 0. The van der Waals surface area contributed by atoms with Crippen molar-refractivity contribution in [1.82, 2.24) is 5.32 Å². The first-order chi connectivity index (χ1) is 5.70. The number of nitrogens with one attached hydrogen (secondary N) is 1. The molecule has 0 fully saturated rings. The smallest absolute Gasteiger partial charge is 0.235 e. The lowest BCUT2D eigenvalue weighted by Crippen LogP contribution is -2.20. The molecule has 1 unspecified atom stereocenters. The van der Waals surface area contributed by atoms with Crippen LogP contribution >= 0.6 is 9.24 Å². The van der Waals surface area contributed by atoms with Gasteiger partial charge in [0.2, 0.25) is 5.65 Å². The average molecular weight is 181 g/mol. The number of benzene rings is 1. The zero-order chi connectivity index (χ0) is 8.97. The van der Waals surface area contributed by atoms with Crippen molar-refractivity contribution in [2.75, 3.05) is 0 Å². The molecule has 0 radical (unpaired) electrons. The molecule has 0 saturated heterocycles. The van der Waals surface area contributed by atoms with Crippen LogP contribution in [-0.2, 0) is 0 Å². The van der Waals surface area contributed by atoms with Crippen LogP contribution in [0.5, 0.6) is 0 Å². The molecule has 0 heterocycles. The summed E-state index contributed by atoms with van der Waals surface area (Å²) in [5, 5.41) is 2.78. The predicted molar refractivity (Wildman–Crippen MR) is 53.1 cm³/mol. The molecule has 2 atom stereocenters. The van der Waals surface area contributed by atoms with Gasteiger partial charge in [-0.1, -0.05) is 30.3 Å². The molecular weight excluding hydrogens is 169 g/mol. The second-order valence-electron chi connectivity index (χ2n) is 2.64. The van der Waals surface area contributed by atoms with E-state index in [1.807, 2.05) is 37.3 Å². The molecule has 1 N–H and O–H groups in total. The van der Waals surface area contributed by atoms with E-state index in [0.717, 1.165) is 5.56 Å². The molecule has 1 rings (SSSR count). The highest BCUT2D eigenvalue weighted by molar-refractivity contribution is 7.39. The number of hydrogen-bond donors (Lipinski definition) is 1. The van der Waals surface area contributed by atoms with E-state index in [2.05, 4.69) is 14.6 Å². The van der Waals surface area contributed by atoms with Gasteiger partial charge in [-0.15, -0.1) is 0 Å². The fraction of sp³-hybridized carbons (Fsp3) is 0.222. The maximum absolute atomic E-state index is 10.7. The first-order valence-electron chi connectivity index (χ1n) is 3.81. The standard InChI is InChI=1S/C9H12NOP/c1-7(10-9(11)12)8-5-3-2-4-6-8/h2-7H,12H2,1H3,(H,10,11)/t7-/m0/s1. The van der Waals surface area contributed by atoms with Crippen LogP contribution in [0.1, 0.15) is 18.5 Å². The van der Waals surface area contributed by atoms with E-state index in [1.165, 1.54) is 0 Å². The molecule has 0 aliphatic heterocycles. The van der Waals surface area contributed by atoms with E-state index in [9.17, 15) is 4.79 Å². The van der Waals surface area contributed by atoms with Crippen molar-refractivity contribution in [3.63, 3.8) is 0 Å². The Labute approximate surface area is 74.6 Å². The SMILES string of the molecule is C[C@H](NC(=O)P)c1ccccc1. The topological polar surface area (TPSA) is 29.1 Å². The van der Waals surface area contributed by atoms with Crippen molar-refractivity contribution in [2.24, 2.45) is 0 Å². The zero-order valence-corrected chi connectivity index (χ0v) is 8.10. The maximum atomic E-state index is 10.7. The third kappa shape index (κ3) is 2.63. The molecule has 0 aliphatic carbocycles. The Morgan fingerprint density at radius 2 is 2.00 bits per heavy atom. The van der Waals surface area contributed by atoms with Gasteiger partial charge in [0.15, 0.2) is 0 Å². The van der Waals surface area contributed by atoms with Gasteiger partial charge >= 0.3 is 0 Å². The molecule has 0 saturated carbocycles. The summed E-state index contributed by atoms with van der Waals surface area (Å²) in [5.74, 6) is 0. The van der Waals surface area contributed by atoms with Gasteiger partial charge in [0.05, 0.1) is 6.04 Å². The minimum atomic E-state index is -0.0775. The van der Waals surface area contributed by atoms with Crippen LogP contribution in [0.2, 0.25) is 0 Å². The van der Waals surface area contributed by atoms with E-state index in [0.29, 0.717) is 0 Å². The minimum Gasteiger partial charge on any atom is -0.346 e. The lowest BCUT2D eigenvalue weighted by molar-refractivity contribution is 0.258. The van der Waals surface area contributed by atoms with Crippen LogP contribution in [0, 0.1) is 0 Å². The molecule has 2 nitrogen and oxygen atoms in total. The van der Waals surface area contributed by atoms with Crippen molar-refractivity contribution in [2.45, 2.75) is 13.0 Å². The molecule has 0 bridgehead atoms. The van der Waals surface area contributed by atoms with E-state index < -0.39 is 0 Å². The molecule has 12 heavy (non-hydrogen) atoms. The van der Waals surface area contributed by atoms with E-state index in [-0.39, 0.29) is 11.7 Å². The number of carbonyl (C=O) groups is 1. The summed E-state index contributed by atoms with van der Waals surface area (Å²) in [4.78, 5) is 10.7. The van der Waals surface area contributed by atoms with E-state index in [1.54, 1.807) is 0 Å². The van der Waals surface area contributed by atoms with E-state index in [4.69, 9.17) is 0 Å². The molecule has 1 aromatic rings. The molecule has 1 amide bonds. The summed E-state index contributed by atoms with van der Waals surface area (Å²) in [5.41, 5.74) is 1.04. The van der Waals surface area contributed by atoms with Gasteiger partial charge in [-0.3, -0.25) is 4.79 Å². The average Bonchev–Trinajstić information content (AvgIpc) is 2.05. The lowest BCUT2D eigenvalue weighted by Gasteiger charge is -2.11. The van der Waals surface area contributed by atoms with Crippen molar-refractivity contribution in [3.05, 3.63) is 35.9 Å². The largest absolute Gasteiger partial charge is 0.346 e. The van der Waals surface area contributed by atoms with Crippen molar-refractivity contribution >= 4 is 14.9 Å². The van der Waals surface area contributed by atoms with Crippen LogP contribution in [0.3, 0.4) is 0 Å². The van der Waals surface area contributed by atoms with E-state index >= 15 is 0 Å². The van der Waals surface area contributed by atoms with Gasteiger partial charge in [-0.25, -0.2) is 0 Å². The second kappa shape index (κ2) is 4.22. The third-order valence-electron chi connectivity index (χ3n) is 1.66. The van der Waals surface area contributed by atoms with Crippen LogP contribution < -0.4 is 5.32 Å². The highest BCUT2D eigenvalue weighted by Gasteiger charge is 2.03. The molecule has 0 aliphatic rings. The Morgan fingerprint density at radius 3 is 2.50 bits per heavy atom. The molecule has 64 valence electrons. The van der Waals surface area contributed by atoms with Crippen molar-refractivity contribution in [3.8, 4) is 0 Å². The van der Waals surface area contributed by atoms with Crippen molar-refractivity contribution < 1.29 is 4.79 Å². The lowest BCUT2D eigenvalue weighted by atomic mass is 10.1. The predicted octanol–water partition coefficient (Wildman–Crippen LogP) is 2.33. The summed E-state index contributed by atoms with van der Waals surface area (Å²) in [6, 6.07) is 9.94. The Kier molecular flexibility index (Phi) is 3.24. The number of rotatable bonds is 2. The molecular formula is C9H12NOP. The van der Waals surface area contributed by atoms with Gasteiger partial charge in [0, 0.05) is 0 Å². The van der Waals surface area contributed by atoms with Gasteiger partial charge in [-0.05, 0) is 21.7 Å². The number of amides is 1. The summed E-state index contributed by atoms with van der Waals surface area (Å²) < 4.78 is 0. The summed E-state index contributed by atoms with van der Waals surface area (Å²) in [6.45, 7) is 1.96. The third-order valence-corrected chi connectivity index (χ3v) is 1.83. The van der Waals surface area contributed by atoms with Crippen LogP contribution in [0.25, 0.3) is 0 Å². The fourth-order valence-electron chi connectivity index (χ4n) is 1.04. The summed E-state index contributed by atoms with van der Waals surface area (Å²) >= 11 is 0. The van der Waals surface area contributed by atoms with Crippen LogP contribution in [0.4, 0.5) is 4.79 Å². The molecule has 3 heteroatoms. The molecule has 1 aromatic carbocycles. The molecule has 0 aromatic heterocycles. The Hall–Kier alpha value is -0.880. The van der Waals surface area contributed by atoms with Crippen LogP contribution in [-0.4, -0.2) is 5.65 Å². The van der Waals surface area contributed by atoms with Gasteiger partial charge in [-0.2, -0.15) is 0 Å². The Morgan fingerprint density at radius 1 is 1.42 bits per heavy atom. The highest BCUT2D eigenvalue weighted by atomic mass is 31.0. The molecule has 0 spiro atoms. The summed E-state index contributed by atoms with van der Waals surface area (Å²) in [7, 11) is 2.10. The van der Waals surface area contributed by atoms with Crippen LogP contribution in [0.15, 0.2) is 30.3 Å². The first-order valence-corrected chi connectivity index (χ1v) is 4.39. The van der Waals surface area contributed by atoms with Gasteiger partial charge in [0.25, 0.3) is 0 Å². The van der Waals surface area contributed by atoms with Gasteiger partial charge in [0.1, 0.15) is 0 Å². The number of hydrogen-bond acceptors (Lipinski definition) is 1. The first kappa shape index (κ1) is 9.21. The Balaban J connectivity index is 2.65.